The summed E-state index contributed by atoms with van der Waals surface area (Å²) in [6, 6.07) is 13.5. The number of unbranched alkanes of at least 4 members (excludes halogenated alkanes) is 1. The lowest BCUT2D eigenvalue weighted by molar-refractivity contribution is -0.123. The normalized spacial score (nSPS) is 11.3. The van der Waals surface area contributed by atoms with Crippen LogP contribution in [0.5, 0.6) is 5.75 Å². The molecule has 0 bridgehead atoms. The summed E-state index contributed by atoms with van der Waals surface area (Å²) in [6.45, 7) is 5.85. The first-order chi connectivity index (χ1) is 12.5. The smallest absolute Gasteiger partial charge is 0.277 e. The second-order valence-corrected chi connectivity index (χ2v) is 6.60. The van der Waals surface area contributed by atoms with E-state index in [1.165, 1.54) is 0 Å². The first-order valence-corrected chi connectivity index (χ1v) is 9.19. The number of amides is 1. The van der Waals surface area contributed by atoms with Gasteiger partial charge in [0.2, 0.25) is 0 Å². The van der Waals surface area contributed by atoms with E-state index >= 15 is 0 Å². The van der Waals surface area contributed by atoms with E-state index in [-0.39, 0.29) is 12.5 Å². The second-order valence-electron chi connectivity index (χ2n) is 6.22. The summed E-state index contributed by atoms with van der Waals surface area (Å²) in [6.07, 6.45) is 2.90. The number of aryl methyl sites for hydroxylation is 2. The highest BCUT2D eigenvalue weighted by molar-refractivity contribution is 6.32. The Morgan fingerprint density at radius 1 is 1.15 bits per heavy atom. The summed E-state index contributed by atoms with van der Waals surface area (Å²) < 4.78 is 5.56. The van der Waals surface area contributed by atoms with Gasteiger partial charge in [-0.2, -0.15) is 5.10 Å². The molecular formula is C21H25ClN2O2. The highest BCUT2D eigenvalue weighted by Gasteiger charge is 2.08. The number of nitrogens with one attached hydrogen (secondary N) is 1. The lowest BCUT2D eigenvalue weighted by atomic mass is 10.1. The van der Waals surface area contributed by atoms with Crippen LogP contribution in [0.4, 0.5) is 0 Å². The Hall–Kier alpha value is -2.33. The number of rotatable bonds is 8. The van der Waals surface area contributed by atoms with Crippen molar-refractivity contribution in [3.05, 3.63) is 64.2 Å². The van der Waals surface area contributed by atoms with Gasteiger partial charge in [-0.3, -0.25) is 4.79 Å². The van der Waals surface area contributed by atoms with Crippen molar-refractivity contribution in [3.63, 3.8) is 0 Å². The average molecular weight is 373 g/mol. The molecule has 0 aliphatic rings. The van der Waals surface area contributed by atoms with Crippen LogP contribution in [0.25, 0.3) is 0 Å². The molecule has 0 saturated heterocycles. The van der Waals surface area contributed by atoms with E-state index in [9.17, 15) is 4.79 Å². The van der Waals surface area contributed by atoms with Crippen molar-refractivity contribution in [1.29, 1.82) is 0 Å². The maximum absolute atomic E-state index is 12.1. The van der Waals surface area contributed by atoms with Gasteiger partial charge in [-0.15, -0.1) is 0 Å². The van der Waals surface area contributed by atoms with Crippen molar-refractivity contribution in [2.75, 3.05) is 6.61 Å². The molecule has 2 rings (SSSR count). The van der Waals surface area contributed by atoms with E-state index in [2.05, 4.69) is 17.5 Å². The number of hydrogen-bond donors (Lipinski definition) is 1. The molecule has 0 spiro atoms. The zero-order valence-corrected chi connectivity index (χ0v) is 16.3. The third-order valence-electron chi connectivity index (χ3n) is 3.97. The van der Waals surface area contributed by atoms with Gasteiger partial charge in [0.25, 0.3) is 5.91 Å². The molecule has 1 amide bonds. The van der Waals surface area contributed by atoms with Gasteiger partial charge >= 0.3 is 0 Å². The van der Waals surface area contributed by atoms with Crippen molar-refractivity contribution >= 4 is 23.2 Å². The van der Waals surface area contributed by atoms with Gasteiger partial charge in [0.05, 0.1) is 5.71 Å². The van der Waals surface area contributed by atoms with Crippen LogP contribution in [0.3, 0.4) is 0 Å². The lowest BCUT2D eigenvalue weighted by Crippen LogP contribution is -2.26. The van der Waals surface area contributed by atoms with E-state index in [0.29, 0.717) is 5.75 Å². The fourth-order valence-corrected chi connectivity index (χ4v) is 2.65. The summed E-state index contributed by atoms with van der Waals surface area (Å²) in [4.78, 5) is 12.1. The molecule has 0 aliphatic heterocycles. The number of nitrogens with zero attached hydrogens (tertiary/aromatic N) is 1. The minimum Gasteiger partial charge on any atom is -0.484 e. The van der Waals surface area contributed by atoms with Crippen LogP contribution in [0.2, 0.25) is 5.02 Å². The van der Waals surface area contributed by atoms with Gasteiger partial charge in [-0.1, -0.05) is 55.3 Å². The van der Waals surface area contributed by atoms with E-state index in [1.807, 2.05) is 56.3 Å². The fraction of sp³-hybridized carbons (Fsp3) is 0.333. The summed E-state index contributed by atoms with van der Waals surface area (Å²) >= 11 is 6.14. The molecule has 0 fully saturated rings. The molecular weight excluding hydrogens is 348 g/mol. The van der Waals surface area contributed by atoms with Crippen LogP contribution >= 0.6 is 11.6 Å². The average Bonchev–Trinajstić information content (AvgIpc) is 2.65. The van der Waals surface area contributed by atoms with Crippen LogP contribution in [0.1, 0.15) is 42.9 Å². The SMILES string of the molecule is CCCCC(=NNC(=O)COc1cc(C)c(Cl)c(C)c1)c1ccccc1. The largest absolute Gasteiger partial charge is 0.484 e. The molecule has 0 saturated carbocycles. The molecule has 0 heterocycles. The van der Waals surface area contributed by atoms with Crippen molar-refractivity contribution in [3.8, 4) is 5.75 Å². The predicted molar refractivity (Wildman–Crippen MR) is 107 cm³/mol. The van der Waals surface area contributed by atoms with Crippen molar-refractivity contribution in [1.82, 2.24) is 5.43 Å². The lowest BCUT2D eigenvalue weighted by Gasteiger charge is -2.10. The van der Waals surface area contributed by atoms with Crippen molar-refractivity contribution < 1.29 is 9.53 Å². The zero-order valence-electron chi connectivity index (χ0n) is 15.5. The van der Waals surface area contributed by atoms with Crippen LogP contribution in [0, 0.1) is 13.8 Å². The van der Waals surface area contributed by atoms with Crippen LogP contribution in [-0.4, -0.2) is 18.2 Å². The molecule has 0 aliphatic carbocycles. The first-order valence-electron chi connectivity index (χ1n) is 8.81. The molecule has 2 aromatic carbocycles. The Morgan fingerprint density at radius 2 is 1.81 bits per heavy atom. The Labute approximate surface area is 160 Å². The first kappa shape index (κ1) is 20.0. The minimum absolute atomic E-state index is 0.0974. The molecule has 0 atom stereocenters. The number of carbonyl (C=O) groups is 1. The number of ether oxygens (including phenoxy) is 1. The van der Waals surface area contributed by atoms with Gasteiger partial charge < -0.3 is 4.74 Å². The minimum atomic E-state index is -0.291. The van der Waals surface area contributed by atoms with Gasteiger partial charge in [0.15, 0.2) is 6.61 Å². The van der Waals surface area contributed by atoms with E-state index < -0.39 is 0 Å². The molecule has 26 heavy (non-hydrogen) atoms. The summed E-state index contributed by atoms with van der Waals surface area (Å²) in [7, 11) is 0. The van der Waals surface area contributed by atoms with Gasteiger partial charge in [-0.05, 0) is 55.5 Å². The third kappa shape index (κ3) is 5.88. The zero-order chi connectivity index (χ0) is 18.9. The second kappa shape index (κ2) is 9.97. The van der Waals surface area contributed by atoms with Gasteiger partial charge in [0, 0.05) is 5.02 Å². The van der Waals surface area contributed by atoms with Crippen molar-refractivity contribution in [2.24, 2.45) is 5.10 Å². The highest BCUT2D eigenvalue weighted by atomic mass is 35.5. The van der Waals surface area contributed by atoms with Gasteiger partial charge in [-0.25, -0.2) is 5.43 Å². The van der Waals surface area contributed by atoms with E-state index in [1.54, 1.807) is 0 Å². The summed E-state index contributed by atoms with van der Waals surface area (Å²) in [5, 5.41) is 5.03. The maximum Gasteiger partial charge on any atom is 0.277 e. The molecule has 2 aromatic rings. The number of hydrogen-bond acceptors (Lipinski definition) is 3. The Morgan fingerprint density at radius 3 is 2.42 bits per heavy atom. The molecule has 1 N–H and O–H groups in total. The van der Waals surface area contributed by atoms with Crippen LogP contribution in [-0.2, 0) is 4.79 Å². The highest BCUT2D eigenvalue weighted by Crippen LogP contribution is 2.25. The monoisotopic (exact) mass is 372 g/mol. The number of carbonyl (C=O) groups excluding carboxylic acids is 1. The Bertz CT molecular complexity index is 750. The fourth-order valence-electron chi connectivity index (χ4n) is 2.54. The quantitative estimate of drug-likeness (QED) is 0.521. The van der Waals surface area contributed by atoms with Crippen LogP contribution < -0.4 is 10.2 Å². The number of hydrazone groups is 1. The summed E-state index contributed by atoms with van der Waals surface area (Å²) in [5.74, 6) is 0.331. The van der Waals surface area contributed by atoms with Crippen LogP contribution in [0.15, 0.2) is 47.6 Å². The molecule has 0 radical (unpaired) electrons. The third-order valence-corrected chi connectivity index (χ3v) is 4.57. The van der Waals surface area contributed by atoms with E-state index in [4.69, 9.17) is 16.3 Å². The van der Waals surface area contributed by atoms with Crippen molar-refractivity contribution in [2.45, 2.75) is 40.0 Å². The van der Waals surface area contributed by atoms with E-state index in [0.717, 1.165) is 46.7 Å². The molecule has 0 aromatic heterocycles. The van der Waals surface area contributed by atoms with Gasteiger partial charge in [0.1, 0.15) is 5.75 Å². The Balaban J connectivity index is 1.97. The topological polar surface area (TPSA) is 50.7 Å². The standard InChI is InChI=1S/C21H25ClN2O2/c1-4-5-11-19(17-9-7-6-8-10-17)23-24-20(25)14-26-18-12-15(2)21(22)16(3)13-18/h6-10,12-13H,4-5,11,14H2,1-3H3,(H,24,25). The molecule has 0 unspecified atom stereocenters. The Kier molecular flexibility index (Phi) is 7.67. The predicted octanol–water partition coefficient (Wildman–Crippen LogP) is 5.05. The molecule has 4 nitrogen and oxygen atoms in total. The molecule has 5 heteroatoms. The maximum atomic E-state index is 12.1. The number of benzene rings is 2. The number of halogens is 1. The molecule has 138 valence electrons. The summed E-state index contributed by atoms with van der Waals surface area (Å²) in [5.41, 5.74) is 6.34.